The van der Waals surface area contributed by atoms with Crippen LogP contribution in [0.15, 0.2) is 36.4 Å². The summed E-state index contributed by atoms with van der Waals surface area (Å²) in [7, 11) is 0. The minimum Gasteiger partial charge on any atom is -0.508 e. The zero-order valence-corrected chi connectivity index (χ0v) is 12.4. The van der Waals surface area contributed by atoms with Gasteiger partial charge in [0, 0.05) is 16.5 Å². The second-order valence-electron chi connectivity index (χ2n) is 5.54. The first-order valence-electron chi connectivity index (χ1n) is 6.60. The van der Waals surface area contributed by atoms with Gasteiger partial charge in [-0.15, -0.1) is 0 Å². The smallest absolute Gasteiger partial charge is 0.277 e. The summed E-state index contributed by atoms with van der Waals surface area (Å²) < 4.78 is 0. The third-order valence-electron chi connectivity index (χ3n) is 3.70. The lowest BCUT2D eigenvalue weighted by Crippen LogP contribution is -2.22. The van der Waals surface area contributed by atoms with Gasteiger partial charge in [0.1, 0.15) is 11.5 Å². The van der Waals surface area contributed by atoms with Crippen molar-refractivity contribution in [1.82, 2.24) is 0 Å². The van der Waals surface area contributed by atoms with Crippen molar-refractivity contribution in [2.45, 2.75) is 19.3 Å². The number of nitro groups is 2. The fourth-order valence-electron chi connectivity index (χ4n) is 2.54. The van der Waals surface area contributed by atoms with Crippen molar-refractivity contribution in [1.29, 1.82) is 0 Å². The average molecular weight is 318 g/mol. The Morgan fingerprint density at radius 1 is 0.826 bits per heavy atom. The zero-order chi connectivity index (χ0) is 17.4. The molecular weight excluding hydrogens is 304 g/mol. The second kappa shape index (κ2) is 5.56. The second-order valence-corrected chi connectivity index (χ2v) is 5.54. The minimum atomic E-state index is -1.09. The quantitative estimate of drug-likeness (QED) is 0.658. The van der Waals surface area contributed by atoms with E-state index >= 15 is 0 Å². The van der Waals surface area contributed by atoms with Gasteiger partial charge in [-0.2, -0.15) is 0 Å². The van der Waals surface area contributed by atoms with E-state index in [0.717, 1.165) is 12.1 Å². The summed E-state index contributed by atoms with van der Waals surface area (Å²) in [6.07, 6.45) is 0. The fraction of sp³-hybridized carbons (Fsp3) is 0.200. The third-order valence-corrected chi connectivity index (χ3v) is 3.70. The van der Waals surface area contributed by atoms with Gasteiger partial charge in [0.25, 0.3) is 11.4 Å². The summed E-state index contributed by atoms with van der Waals surface area (Å²) in [6.45, 7) is 3.21. The van der Waals surface area contributed by atoms with Crippen molar-refractivity contribution in [2.24, 2.45) is 0 Å². The van der Waals surface area contributed by atoms with Crippen LogP contribution in [0.1, 0.15) is 25.0 Å². The Morgan fingerprint density at radius 3 is 1.48 bits per heavy atom. The Labute approximate surface area is 130 Å². The van der Waals surface area contributed by atoms with Crippen molar-refractivity contribution in [3.8, 4) is 11.5 Å². The summed E-state index contributed by atoms with van der Waals surface area (Å²) >= 11 is 0. The molecule has 0 radical (unpaired) electrons. The maximum atomic E-state index is 11.2. The number of nitro benzene ring substituents is 2. The lowest BCUT2D eigenvalue weighted by Gasteiger charge is -2.25. The van der Waals surface area contributed by atoms with Gasteiger partial charge in [0.2, 0.25) is 0 Å². The highest BCUT2D eigenvalue weighted by atomic mass is 16.6. The molecule has 2 aromatic rings. The van der Waals surface area contributed by atoms with E-state index < -0.39 is 15.3 Å². The first-order valence-corrected chi connectivity index (χ1v) is 6.60. The number of rotatable bonds is 4. The van der Waals surface area contributed by atoms with E-state index in [1.807, 2.05) is 0 Å². The molecule has 120 valence electrons. The van der Waals surface area contributed by atoms with E-state index in [9.17, 15) is 30.4 Å². The first kappa shape index (κ1) is 16.2. The largest absolute Gasteiger partial charge is 0.508 e. The predicted octanol–water partition coefficient (Wildman–Crippen LogP) is 3.24. The van der Waals surface area contributed by atoms with E-state index in [1.54, 1.807) is 13.8 Å². The van der Waals surface area contributed by atoms with Crippen LogP contribution in [0.5, 0.6) is 11.5 Å². The lowest BCUT2D eigenvalue weighted by atomic mass is 9.76. The molecule has 0 aliphatic rings. The highest BCUT2D eigenvalue weighted by molar-refractivity contribution is 5.58. The molecule has 0 atom stereocenters. The van der Waals surface area contributed by atoms with Gasteiger partial charge in [0.05, 0.1) is 22.0 Å². The maximum absolute atomic E-state index is 11.2. The highest BCUT2D eigenvalue weighted by Crippen LogP contribution is 2.42. The summed E-state index contributed by atoms with van der Waals surface area (Å²) in [4.78, 5) is 21.2. The molecule has 0 fully saturated rings. The monoisotopic (exact) mass is 318 g/mol. The molecule has 2 aromatic carbocycles. The Kier molecular flexibility index (Phi) is 3.92. The number of aromatic hydroxyl groups is 2. The highest BCUT2D eigenvalue weighted by Gasteiger charge is 2.36. The first-order chi connectivity index (χ1) is 10.6. The normalized spacial score (nSPS) is 11.2. The van der Waals surface area contributed by atoms with Gasteiger partial charge in [-0.25, -0.2) is 0 Å². The average Bonchev–Trinajstić information content (AvgIpc) is 2.46. The SMILES string of the molecule is CC(C)(c1ccc(O)cc1[N+](=O)[O-])c1ccc(O)cc1[N+](=O)[O-]. The molecule has 8 nitrogen and oxygen atoms in total. The Hall–Kier alpha value is -3.16. The Bertz CT molecular complexity index is 735. The van der Waals surface area contributed by atoms with Crippen LogP contribution in [-0.2, 0) is 5.41 Å². The number of hydrogen-bond donors (Lipinski definition) is 2. The van der Waals surface area contributed by atoms with Crippen LogP contribution in [0.2, 0.25) is 0 Å². The molecule has 0 heterocycles. The van der Waals surface area contributed by atoms with Gasteiger partial charge in [-0.05, 0) is 24.3 Å². The zero-order valence-electron chi connectivity index (χ0n) is 12.4. The molecule has 23 heavy (non-hydrogen) atoms. The lowest BCUT2D eigenvalue weighted by molar-refractivity contribution is -0.387. The molecule has 0 saturated carbocycles. The summed E-state index contributed by atoms with van der Waals surface area (Å²) in [5, 5.41) is 41.4. The Morgan fingerprint density at radius 2 is 1.17 bits per heavy atom. The van der Waals surface area contributed by atoms with Crippen LogP contribution in [0.25, 0.3) is 0 Å². The van der Waals surface area contributed by atoms with Crippen LogP contribution >= 0.6 is 0 Å². The van der Waals surface area contributed by atoms with Crippen molar-refractivity contribution >= 4 is 11.4 Å². The van der Waals surface area contributed by atoms with Crippen molar-refractivity contribution < 1.29 is 20.1 Å². The summed E-state index contributed by atoms with van der Waals surface area (Å²) in [5.74, 6) is -0.534. The van der Waals surface area contributed by atoms with Gasteiger partial charge >= 0.3 is 0 Å². The van der Waals surface area contributed by atoms with Crippen LogP contribution in [0.4, 0.5) is 11.4 Å². The topological polar surface area (TPSA) is 127 Å². The van der Waals surface area contributed by atoms with Crippen LogP contribution in [0.3, 0.4) is 0 Å². The molecule has 0 aliphatic heterocycles. The van der Waals surface area contributed by atoms with Crippen molar-refractivity contribution in [3.63, 3.8) is 0 Å². The molecule has 0 aliphatic carbocycles. The van der Waals surface area contributed by atoms with Crippen LogP contribution in [-0.4, -0.2) is 20.1 Å². The molecule has 0 saturated heterocycles. The van der Waals surface area contributed by atoms with Crippen LogP contribution < -0.4 is 0 Å². The molecule has 0 spiro atoms. The van der Waals surface area contributed by atoms with E-state index in [0.29, 0.717) is 0 Å². The number of phenolic OH excluding ortho intramolecular Hbond substituents is 2. The molecule has 0 aromatic heterocycles. The molecular formula is C15H14N2O6. The Balaban J connectivity index is 2.73. The third kappa shape index (κ3) is 2.91. The maximum Gasteiger partial charge on any atom is 0.277 e. The number of benzene rings is 2. The fourth-order valence-corrected chi connectivity index (χ4v) is 2.54. The number of nitrogens with zero attached hydrogens (tertiary/aromatic N) is 2. The van der Waals surface area contributed by atoms with Crippen molar-refractivity contribution in [2.75, 3.05) is 0 Å². The number of phenols is 2. The van der Waals surface area contributed by atoms with E-state index in [1.165, 1.54) is 24.3 Å². The molecule has 0 bridgehead atoms. The van der Waals surface area contributed by atoms with Gasteiger partial charge < -0.3 is 10.2 Å². The summed E-state index contributed by atoms with van der Waals surface area (Å²) in [5.41, 5.74) is -1.33. The van der Waals surface area contributed by atoms with Gasteiger partial charge in [-0.1, -0.05) is 13.8 Å². The molecule has 0 unspecified atom stereocenters. The predicted molar refractivity (Wildman–Crippen MR) is 81.7 cm³/mol. The minimum absolute atomic E-state index is 0.217. The standard InChI is InChI=1S/C15H14N2O6/c1-15(2,11-5-3-9(18)7-13(11)16(20)21)12-6-4-10(19)8-14(12)17(22)23/h3-8,18-19H,1-2H3. The molecule has 2 rings (SSSR count). The molecule has 8 heteroatoms. The summed E-state index contributed by atoms with van der Waals surface area (Å²) in [6, 6.07) is 7.31. The van der Waals surface area contributed by atoms with Gasteiger partial charge in [-0.3, -0.25) is 20.2 Å². The molecule has 2 N–H and O–H groups in total. The van der Waals surface area contributed by atoms with Gasteiger partial charge in [0.15, 0.2) is 0 Å². The van der Waals surface area contributed by atoms with Crippen LogP contribution in [0, 0.1) is 20.2 Å². The van der Waals surface area contributed by atoms with E-state index in [2.05, 4.69) is 0 Å². The van der Waals surface area contributed by atoms with E-state index in [4.69, 9.17) is 0 Å². The number of hydrogen-bond acceptors (Lipinski definition) is 6. The molecule has 0 amide bonds. The van der Waals surface area contributed by atoms with Crippen molar-refractivity contribution in [3.05, 3.63) is 67.8 Å². The van der Waals surface area contributed by atoms with E-state index in [-0.39, 0.29) is 34.0 Å².